The zero-order valence-electron chi connectivity index (χ0n) is 11.8. The predicted molar refractivity (Wildman–Crippen MR) is 86.8 cm³/mol. The first-order valence-corrected chi connectivity index (χ1v) is 7.09. The first kappa shape index (κ1) is 12.7. The number of rotatable bonds is 2. The number of benzene rings is 2. The zero-order chi connectivity index (χ0) is 14.9. The summed E-state index contributed by atoms with van der Waals surface area (Å²) < 4.78 is 1.62. The highest BCUT2D eigenvalue weighted by Crippen LogP contribution is 2.13. The minimum absolute atomic E-state index is 0.0289. The van der Waals surface area contributed by atoms with E-state index in [0.29, 0.717) is 11.9 Å². The first-order valence-electron chi connectivity index (χ1n) is 7.09. The Kier molecular flexibility index (Phi) is 2.93. The van der Waals surface area contributed by atoms with Crippen LogP contribution < -0.4 is 5.56 Å². The van der Waals surface area contributed by atoms with Gasteiger partial charge in [0.15, 0.2) is 0 Å². The molecular formula is C18H13N3O. The number of nitrogens with zero attached hydrogens (tertiary/aromatic N) is 3. The summed E-state index contributed by atoms with van der Waals surface area (Å²) in [6, 6.07) is 17.4. The zero-order valence-corrected chi connectivity index (χ0v) is 11.8. The van der Waals surface area contributed by atoms with Crippen molar-refractivity contribution in [3.63, 3.8) is 0 Å². The molecule has 0 aliphatic carbocycles. The molecule has 0 saturated heterocycles. The van der Waals surface area contributed by atoms with E-state index in [1.807, 2.05) is 48.7 Å². The van der Waals surface area contributed by atoms with E-state index < -0.39 is 0 Å². The highest BCUT2D eigenvalue weighted by Gasteiger charge is 2.05. The normalized spacial score (nSPS) is 11.1. The van der Waals surface area contributed by atoms with Crippen LogP contribution in [0.2, 0.25) is 0 Å². The smallest absolute Gasteiger partial charge is 0.261 e. The van der Waals surface area contributed by atoms with Gasteiger partial charge in [0.1, 0.15) is 0 Å². The van der Waals surface area contributed by atoms with E-state index >= 15 is 0 Å². The molecule has 0 saturated carbocycles. The minimum atomic E-state index is -0.0289. The third-order valence-electron chi connectivity index (χ3n) is 3.73. The maximum atomic E-state index is 12.5. The third kappa shape index (κ3) is 2.15. The van der Waals surface area contributed by atoms with E-state index in [4.69, 9.17) is 0 Å². The maximum absolute atomic E-state index is 12.5. The summed E-state index contributed by atoms with van der Waals surface area (Å²) >= 11 is 0. The number of hydrogen-bond acceptors (Lipinski definition) is 3. The Morgan fingerprint density at radius 1 is 0.909 bits per heavy atom. The molecule has 0 fully saturated rings. The van der Waals surface area contributed by atoms with Crippen molar-refractivity contribution < 1.29 is 0 Å². The van der Waals surface area contributed by atoms with Crippen LogP contribution in [0.3, 0.4) is 0 Å². The Balaban J connectivity index is 1.79. The second-order valence-electron chi connectivity index (χ2n) is 5.23. The first-order chi connectivity index (χ1) is 10.8. The van der Waals surface area contributed by atoms with Crippen molar-refractivity contribution in [2.24, 2.45) is 0 Å². The van der Waals surface area contributed by atoms with Crippen molar-refractivity contribution in [3.05, 3.63) is 83.0 Å². The highest BCUT2D eigenvalue weighted by molar-refractivity contribution is 5.79. The molecule has 106 valence electrons. The van der Waals surface area contributed by atoms with E-state index in [1.165, 1.54) is 0 Å². The largest absolute Gasteiger partial charge is 0.294 e. The van der Waals surface area contributed by atoms with Crippen LogP contribution in [0, 0.1) is 0 Å². The van der Waals surface area contributed by atoms with Crippen LogP contribution in [-0.2, 0) is 6.54 Å². The maximum Gasteiger partial charge on any atom is 0.261 e. The Bertz CT molecular complexity index is 1040. The van der Waals surface area contributed by atoms with Gasteiger partial charge in [0.05, 0.1) is 29.3 Å². The summed E-state index contributed by atoms with van der Waals surface area (Å²) in [4.78, 5) is 21.3. The predicted octanol–water partition coefficient (Wildman–Crippen LogP) is 2.99. The van der Waals surface area contributed by atoms with Gasteiger partial charge in [-0.15, -0.1) is 0 Å². The van der Waals surface area contributed by atoms with Crippen LogP contribution in [0.15, 0.2) is 71.9 Å². The Hall–Kier alpha value is -3.01. The van der Waals surface area contributed by atoms with Gasteiger partial charge in [-0.05, 0) is 29.8 Å². The molecule has 0 aliphatic heterocycles. The van der Waals surface area contributed by atoms with Gasteiger partial charge in [-0.2, -0.15) is 0 Å². The lowest BCUT2D eigenvalue weighted by molar-refractivity contribution is 0.747. The molecule has 4 heteroatoms. The van der Waals surface area contributed by atoms with Gasteiger partial charge in [0.25, 0.3) is 5.56 Å². The fourth-order valence-electron chi connectivity index (χ4n) is 2.62. The molecule has 0 bridgehead atoms. The van der Waals surface area contributed by atoms with Crippen molar-refractivity contribution in [2.75, 3.05) is 0 Å². The van der Waals surface area contributed by atoms with Crippen LogP contribution in [0.5, 0.6) is 0 Å². The molecule has 0 unspecified atom stereocenters. The van der Waals surface area contributed by atoms with E-state index in [0.717, 1.165) is 22.0 Å². The van der Waals surface area contributed by atoms with Crippen LogP contribution in [0.1, 0.15) is 5.56 Å². The number of aromatic nitrogens is 3. The quantitative estimate of drug-likeness (QED) is 0.569. The average Bonchev–Trinajstić information content (AvgIpc) is 2.57. The van der Waals surface area contributed by atoms with Gasteiger partial charge < -0.3 is 0 Å². The Morgan fingerprint density at radius 3 is 2.59 bits per heavy atom. The summed E-state index contributed by atoms with van der Waals surface area (Å²) in [6.07, 6.45) is 3.41. The van der Waals surface area contributed by atoms with Crippen LogP contribution in [0.4, 0.5) is 0 Å². The lowest BCUT2D eigenvalue weighted by Crippen LogP contribution is -2.21. The molecule has 2 aromatic heterocycles. The van der Waals surface area contributed by atoms with E-state index in [2.05, 4.69) is 16.0 Å². The molecule has 22 heavy (non-hydrogen) atoms. The lowest BCUT2D eigenvalue weighted by Gasteiger charge is -2.07. The standard InChI is InChI=1S/C18H13N3O/c22-18-15-6-2-4-8-17(15)20-12-21(18)11-13-9-14-5-1-3-7-16(14)19-10-13/h1-10,12H,11H2. The summed E-state index contributed by atoms with van der Waals surface area (Å²) in [6.45, 7) is 0.467. The Morgan fingerprint density at radius 2 is 1.68 bits per heavy atom. The van der Waals surface area contributed by atoms with Gasteiger partial charge in [0.2, 0.25) is 0 Å². The average molecular weight is 287 g/mol. The monoisotopic (exact) mass is 287 g/mol. The second kappa shape index (κ2) is 5.07. The van der Waals surface area contributed by atoms with Gasteiger partial charge in [0, 0.05) is 11.6 Å². The van der Waals surface area contributed by atoms with Crippen LogP contribution in [-0.4, -0.2) is 14.5 Å². The molecular weight excluding hydrogens is 274 g/mol. The van der Waals surface area contributed by atoms with Crippen molar-refractivity contribution >= 4 is 21.8 Å². The second-order valence-corrected chi connectivity index (χ2v) is 5.23. The number of pyridine rings is 1. The van der Waals surface area contributed by atoms with Crippen LogP contribution >= 0.6 is 0 Å². The van der Waals surface area contributed by atoms with Crippen molar-refractivity contribution in [3.8, 4) is 0 Å². The molecule has 2 aromatic carbocycles. The summed E-state index contributed by atoms with van der Waals surface area (Å²) in [5, 5.41) is 1.71. The molecule has 4 rings (SSSR count). The number of para-hydroxylation sites is 2. The lowest BCUT2D eigenvalue weighted by atomic mass is 10.1. The topological polar surface area (TPSA) is 47.8 Å². The van der Waals surface area contributed by atoms with E-state index in [9.17, 15) is 4.79 Å². The molecule has 0 amide bonds. The summed E-state index contributed by atoms with van der Waals surface area (Å²) in [7, 11) is 0. The van der Waals surface area contributed by atoms with Gasteiger partial charge in [-0.25, -0.2) is 4.98 Å². The molecule has 0 N–H and O–H groups in total. The van der Waals surface area contributed by atoms with Crippen molar-refractivity contribution in [2.45, 2.75) is 6.54 Å². The fourth-order valence-corrected chi connectivity index (χ4v) is 2.62. The fraction of sp³-hybridized carbons (Fsp3) is 0.0556. The molecule has 0 atom stereocenters. The van der Waals surface area contributed by atoms with E-state index in [1.54, 1.807) is 17.0 Å². The number of fused-ring (bicyclic) bond motifs is 2. The summed E-state index contributed by atoms with van der Waals surface area (Å²) in [5.74, 6) is 0. The van der Waals surface area contributed by atoms with Crippen molar-refractivity contribution in [1.82, 2.24) is 14.5 Å². The van der Waals surface area contributed by atoms with Crippen LogP contribution in [0.25, 0.3) is 21.8 Å². The molecule has 2 heterocycles. The molecule has 0 aliphatic rings. The van der Waals surface area contributed by atoms with Gasteiger partial charge >= 0.3 is 0 Å². The van der Waals surface area contributed by atoms with Gasteiger partial charge in [-0.1, -0.05) is 30.3 Å². The molecule has 0 spiro atoms. The molecule has 0 radical (unpaired) electrons. The molecule has 4 nitrogen and oxygen atoms in total. The third-order valence-corrected chi connectivity index (χ3v) is 3.73. The minimum Gasteiger partial charge on any atom is -0.294 e. The Labute approximate surface area is 126 Å². The van der Waals surface area contributed by atoms with E-state index in [-0.39, 0.29) is 5.56 Å². The highest BCUT2D eigenvalue weighted by atomic mass is 16.1. The SMILES string of the molecule is O=c1c2ccccc2ncn1Cc1cnc2ccccc2c1. The van der Waals surface area contributed by atoms with Crippen molar-refractivity contribution in [1.29, 1.82) is 0 Å². The number of hydrogen-bond donors (Lipinski definition) is 0. The van der Waals surface area contributed by atoms with Gasteiger partial charge in [-0.3, -0.25) is 14.3 Å². The molecule has 4 aromatic rings. The summed E-state index contributed by atoms with van der Waals surface area (Å²) in [5.41, 5.74) is 2.63.